The van der Waals surface area contributed by atoms with E-state index in [2.05, 4.69) is 50.8 Å². The average molecular weight is 1020 g/mol. The predicted molar refractivity (Wildman–Crippen MR) is 271 cm³/mol. The normalized spacial score (nSPS) is 23.1. The van der Waals surface area contributed by atoms with Crippen molar-refractivity contribution in [2.45, 2.75) is 74.3 Å². The second-order valence-corrected chi connectivity index (χ2v) is 22.0. The minimum atomic E-state index is -4.71. The highest BCUT2D eigenvalue weighted by Gasteiger charge is 2.43. The third-order valence-electron chi connectivity index (χ3n) is 13.7. The van der Waals surface area contributed by atoms with Crippen LogP contribution in [0.2, 0.25) is 5.02 Å². The molecular weight excluding hydrogens is 960 g/mol. The summed E-state index contributed by atoms with van der Waals surface area (Å²) in [6.45, 7) is 9.09. The van der Waals surface area contributed by atoms with Crippen molar-refractivity contribution in [1.82, 2.24) is 19.6 Å². The minimum absolute atomic E-state index is 0.0459. The van der Waals surface area contributed by atoms with Gasteiger partial charge in [-0.25, -0.2) is 13.1 Å². The number of thioether (sulfide) groups is 1. The van der Waals surface area contributed by atoms with Gasteiger partial charge in [0.2, 0.25) is 5.88 Å². The number of nitro benzene ring substituents is 1. The summed E-state index contributed by atoms with van der Waals surface area (Å²) in [6, 6.07) is 20.4. The van der Waals surface area contributed by atoms with Gasteiger partial charge in [0.1, 0.15) is 46.9 Å². The molecule has 6 N–H and O–H groups in total. The van der Waals surface area contributed by atoms with Crippen molar-refractivity contribution in [2.75, 3.05) is 73.8 Å². The molecule has 0 radical (unpaired) electrons. The van der Waals surface area contributed by atoms with E-state index in [0.717, 1.165) is 73.9 Å². The molecule has 70 heavy (non-hydrogen) atoms. The summed E-state index contributed by atoms with van der Waals surface area (Å²) < 4.78 is 42.0. The first-order valence-electron chi connectivity index (χ1n) is 23.3. The van der Waals surface area contributed by atoms with Crippen LogP contribution in [-0.2, 0) is 14.8 Å². The van der Waals surface area contributed by atoms with E-state index in [1.54, 1.807) is 18.5 Å². The Balaban J connectivity index is 0.974. The number of carbonyl (C=O) groups is 1. The van der Waals surface area contributed by atoms with E-state index < -0.39 is 61.3 Å². The standard InChI is InChI=1S/C49H57ClN8O10S2/c1-49(2)15-13-31(36(26-49)29-5-7-32(50)8-6-29)28-55-18-20-56(21-19-55)33-9-11-35(38(24-33)57-17-4-22-67-47-40(57)23-30-14-16-51-45(30)53-47)46(62)54-70(65,66)34-10-12-37(39(25-34)58(63)64)52-27-41-42(59)43(60)44(61)48(68-41)69-3/h5-12,14,16,23-25,41-44,48,52,59-61H,4,13,15,17-22,26-28H2,1-3H3,(H,51,53)(H,54,62). The molecule has 2 fully saturated rings. The third kappa shape index (κ3) is 10.5. The fourth-order valence-corrected chi connectivity index (χ4v) is 11.6. The average Bonchev–Trinajstić information content (AvgIpc) is 3.71. The van der Waals surface area contributed by atoms with E-state index in [-0.39, 0.29) is 23.2 Å². The molecule has 3 aromatic carbocycles. The Hall–Kier alpha value is -5.45. The summed E-state index contributed by atoms with van der Waals surface area (Å²) in [6.07, 6.45) is 1.67. The van der Waals surface area contributed by atoms with E-state index >= 15 is 0 Å². The minimum Gasteiger partial charge on any atom is -0.476 e. The predicted octanol–water partition coefficient (Wildman–Crippen LogP) is 6.53. The quantitative estimate of drug-likeness (QED) is 0.0543. The molecule has 4 aliphatic rings. The number of aliphatic hydroxyl groups is 3. The lowest BCUT2D eigenvalue weighted by Gasteiger charge is -2.40. The van der Waals surface area contributed by atoms with E-state index in [0.29, 0.717) is 60.6 Å². The largest absolute Gasteiger partial charge is 0.476 e. The highest BCUT2D eigenvalue weighted by molar-refractivity contribution is 7.99. The van der Waals surface area contributed by atoms with Crippen molar-refractivity contribution in [3.05, 3.63) is 111 Å². The van der Waals surface area contributed by atoms with Crippen molar-refractivity contribution in [3.63, 3.8) is 0 Å². The van der Waals surface area contributed by atoms with Gasteiger partial charge in [-0.3, -0.25) is 19.8 Å². The number of piperazine rings is 1. The summed E-state index contributed by atoms with van der Waals surface area (Å²) in [5.74, 6) is -0.598. The molecule has 18 nitrogen and oxygen atoms in total. The topological polar surface area (TPSA) is 236 Å². The zero-order valence-electron chi connectivity index (χ0n) is 39.0. The van der Waals surface area contributed by atoms with Gasteiger partial charge in [-0.05, 0) is 103 Å². The second kappa shape index (κ2) is 20.3. The maximum absolute atomic E-state index is 14.4. The number of nitrogens with zero attached hydrogens (tertiary/aromatic N) is 5. The van der Waals surface area contributed by atoms with Gasteiger partial charge >= 0.3 is 0 Å². The fourth-order valence-electron chi connectivity index (χ4n) is 9.75. The number of aromatic amines is 1. The molecule has 5 unspecified atom stereocenters. The van der Waals surface area contributed by atoms with Gasteiger partial charge in [-0.2, -0.15) is 4.98 Å². The number of halogens is 1. The Morgan fingerprint density at radius 1 is 0.986 bits per heavy atom. The molecule has 2 saturated heterocycles. The zero-order valence-corrected chi connectivity index (χ0v) is 41.4. The molecule has 5 atom stereocenters. The smallest absolute Gasteiger partial charge is 0.293 e. The number of hydrogen-bond acceptors (Lipinski definition) is 16. The molecule has 1 amide bonds. The van der Waals surface area contributed by atoms with Crippen LogP contribution in [0.15, 0.2) is 89.5 Å². The number of aliphatic hydroxyl groups excluding tert-OH is 3. The monoisotopic (exact) mass is 1020 g/mol. The van der Waals surface area contributed by atoms with Crippen LogP contribution >= 0.6 is 23.4 Å². The van der Waals surface area contributed by atoms with E-state index in [1.807, 2.05) is 41.3 Å². The van der Waals surface area contributed by atoms with Gasteiger partial charge in [0.05, 0.1) is 27.7 Å². The SMILES string of the molecule is CSC1OC(CNc2ccc(S(=O)(=O)NC(=O)c3ccc(N4CCN(CC5=C(c6ccc(Cl)cc6)CC(C)(C)CC5)CC4)cc3N3CCCOc4nc5[nH]ccc5cc43)cc2[N+](=O)[O-])C(O)C(O)C1O. The van der Waals surface area contributed by atoms with Crippen molar-refractivity contribution < 1.29 is 42.9 Å². The van der Waals surface area contributed by atoms with Crippen LogP contribution in [0, 0.1) is 15.5 Å². The molecule has 5 aromatic rings. The summed E-state index contributed by atoms with van der Waals surface area (Å²) in [4.78, 5) is 40.0. The maximum Gasteiger partial charge on any atom is 0.293 e. The number of fused-ring (bicyclic) bond motifs is 2. The lowest BCUT2D eigenvalue weighted by Crippen LogP contribution is -2.58. The van der Waals surface area contributed by atoms with Gasteiger partial charge in [0, 0.05) is 74.2 Å². The summed E-state index contributed by atoms with van der Waals surface area (Å²) >= 11 is 7.39. The number of benzene rings is 3. The Kier molecular flexibility index (Phi) is 14.4. The maximum atomic E-state index is 14.4. The lowest BCUT2D eigenvalue weighted by atomic mass is 9.72. The molecule has 0 saturated carbocycles. The van der Waals surface area contributed by atoms with Crippen LogP contribution in [-0.4, -0.2) is 138 Å². The van der Waals surface area contributed by atoms with Crippen LogP contribution in [0.25, 0.3) is 16.6 Å². The highest BCUT2D eigenvalue weighted by Crippen LogP contribution is 2.44. The van der Waals surface area contributed by atoms with Crippen molar-refractivity contribution in [2.24, 2.45) is 5.41 Å². The molecule has 3 aliphatic heterocycles. The number of pyridine rings is 1. The summed E-state index contributed by atoms with van der Waals surface area (Å²) in [5, 5.41) is 47.8. The number of carbonyl (C=O) groups excluding carboxylic acids is 1. The molecular formula is C49H57ClN8O10S2. The highest BCUT2D eigenvalue weighted by atomic mass is 35.5. The number of hydrogen-bond donors (Lipinski definition) is 6. The second-order valence-electron chi connectivity index (χ2n) is 19.0. The number of sulfonamides is 1. The first-order valence-corrected chi connectivity index (χ1v) is 26.4. The molecule has 1 aliphatic carbocycles. The number of aromatic nitrogens is 2. The fraction of sp³-hybridized carbons (Fsp3) is 0.429. The van der Waals surface area contributed by atoms with E-state index in [1.165, 1.54) is 22.8 Å². The third-order valence-corrected chi connectivity index (χ3v) is 16.1. The lowest BCUT2D eigenvalue weighted by molar-refractivity contribution is -0.384. The van der Waals surface area contributed by atoms with Crippen LogP contribution in [0.3, 0.4) is 0 Å². The number of nitrogens with one attached hydrogen (secondary N) is 3. The Bertz CT molecular complexity index is 2910. The van der Waals surface area contributed by atoms with Crippen molar-refractivity contribution in [3.8, 4) is 5.88 Å². The summed E-state index contributed by atoms with van der Waals surface area (Å²) in [5.41, 5.74) is 5.22. The molecule has 9 rings (SSSR count). The molecule has 0 bridgehead atoms. The van der Waals surface area contributed by atoms with E-state index in [9.17, 15) is 38.6 Å². The molecule has 2 aromatic heterocycles. The van der Waals surface area contributed by atoms with Gasteiger partial charge in [0.15, 0.2) is 0 Å². The Morgan fingerprint density at radius 3 is 2.50 bits per heavy atom. The first-order chi connectivity index (χ1) is 33.5. The van der Waals surface area contributed by atoms with Crippen LogP contribution in [0.5, 0.6) is 5.88 Å². The van der Waals surface area contributed by atoms with Gasteiger partial charge in [-0.1, -0.05) is 43.2 Å². The number of anilines is 4. The molecule has 21 heteroatoms. The Labute approximate surface area is 415 Å². The van der Waals surface area contributed by atoms with Gasteiger partial charge in [0.25, 0.3) is 21.6 Å². The van der Waals surface area contributed by atoms with Gasteiger partial charge in [-0.15, -0.1) is 11.8 Å². The summed E-state index contributed by atoms with van der Waals surface area (Å²) in [7, 11) is -4.71. The zero-order chi connectivity index (χ0) is 49.5. The number of rotatable bonds is 13. The van der Waals surface area contributed by atoms with Crippen molar-refractivity contribution >= 4 is 84.3 Å². The van der Waals surface area contributed by atoms with E-state index in [4.69, 9.17) is 26.1 Å². The first kappa shape index (κ1) is 49.5. The number of allylic oxidation sites excluding steroid dienone is 1. The molecule has 372 valence electrons. The number of H-pyrrole nitrogens is 1. The number of ether oxygens (including phenoxy) is 2. The van der Waals surface area contributed by atoms with Crippen LogP contribution in [0.4, 0.5) is 28.4 Å². The molecule has 5 heterocycles. The van der Waals surface area contributed by atoms with Crippen molar-refractivity contribution in [1.29, 1.82) is 0 Å². The Morgan fingerprint density at radius 2 is 1.76 bits per heavy atom. The number of nitro groups is 1. The number of amides is 1. The van der Waals surface area contributed by atoms with Gasteiger partial charge < -0.3 is 44.9 Å². The molecule has 0 spiro atoms. The van der Waals surface area contributed by atoms with Crippen LogP contribution < -0.4 is 24.6 Å². The van der Waals surface area contributed by atoms with Crippen LogP contribution in [0.1, 0.15) is 55.5 Å².